The first kappa shape index (κ1) is 73.4. The van der Waals surface area contributed by atoms with Gasteiger partial charge in [0, 0.05) is 12.8 Å². The van der Waals surface area contributed by atoms with Crippen LogP contribution in [0.1, 0.15) is 194 Å². The van der Waals surface area contributed by atoms with Crippen LogP contribution in [-0.2, 0) is 32.7 Å². The van der Waals surface area contributed by atoms with Crippen LogP contribution in [0, 0.1) is 0 Å². The van der Waals surface area contributed by atoms with Crippen molar-refractivity contribution in [1.82, 2.24) is 0 Å². The van der Waals surface area contributed by atoms with Crippen molar-refractivity contribution < 1.29 is 42.1 Å². The van der Waals surface area contributed by atoms with Crippen molar-refractivity contribution >= 4 is 19.8 Å². The topological polar surface area (TPSA) is 108 Å². The number of hydrogen-bond donors (Lipinski definition) is 1. The highest BCUT2D eigenvalue weighted by molar-refractivity contribution is 7.47. The van der Waals surface area contributed by atoms with Crippen LogP contribution in [0.25, 0.3) is 0 Å². The minimum absolute atomic E-state index is 0.0146. The van der Waals surface area contributed by atoms with E-state index < -0.39 is 32.5 Å². The fraction of sp³-hybridized carbons (Fsp3) is 0.559. The van der Waals surface area contributed by atoms with Crippen molar-refractivity contribution in [3.8, 4) is 0 Å². The second-order valence-electron chi connectivity index (χ2n) is 20.3. The van der Waals surface area contributed by atoms with Gasteiger partial charge in [0.15, 0.2) is 6.10 Å². The lowest BCUT2D eigenvalue weighted by molar-refractivity contribution is -0.870. The number of hydrogen-bond acceptors (Lipinski definition) is 7. The first-order chi connectivity index (χ1) is 38.0. The second-order valence-corrected chi connectivity index (χ2v) is 21.7. The Balaban J connectivity index is 4.19. The van der Waals surface area contributed by atoms with Crippen LogP contribution in [0.2, 0.25) is 0 Å². The number of phosphoric ester groups is 1. The number of rotatable bonds is 52. The van der Waals surface area contributed by atoms with Gasteiger partial charge in [0.1, 0.15) is 19.8 Å². The number of carbonyl (C=O) groups excluding carboxylic acids is 2. The van der Waals surface area contributed by atoms with Gasteiger partial charge >= 0.3 is 19.8 Å². The number of ether oxygens (including phenoxy) is 2. The number of carbonyl (C=O) groups is 2. The fourth-order valence-corrected chi connectivity index (χ4v) is 7.89. The van der Waals surface area contributed by atoms with Crippen LogP contribution in [0.4, 0.5) is 0 Å². The third kappa shape index (κ3) is 60.6. The minimum Gasteiger partial charge on any atom is -0.462 e. The molecule has 0 aliphatic carbocycles. The SMILES string of the molecule is CC/C=C\C/C=C\C/C=C\C/C=C\C/C=C\C/C=C\C/C=C\C/C=C\C/C=C\C/C=C\C/C=C\C/C=C\CCCCCCC(=O)OC(COC(=O)CCCCCCC/C=C\C/C=C\CCC)COP(=O)(O)OCC[N+](C)(C)C. The van der Waals surface area contributed by atoms with Crippen molar-refractivity contribution in [1.29, 1.82) is 0 Å². The van der Waals surface area contributed by atoms with E-state index in [-0.39, 0.29) is 26.1 Å². The molecule has 0 bridgehead atoms. The van der Waals surface area contributed by atoms with Crippen molar-refractivity contribution in [2.75, 3.05) is 47.5 Å². The van der Waals surface area contributed by atoms with Crippen LogP contribution in [-0.4, -0.2) is 74.9 Å². The zero-order valence-corrected chi connectivity index (χ0v) is 50.5. The van der Waals surface area contributed by atoms with Crippen LogP contribution < -0.4 is 0 Å². The molecule has 0 aliphatic rings. The molecule has 2 unspecified atom stereocenters. The Hall–Kier alpha value is -4.63. The molecule has 1 N–H and O–H groups in total. The van der Waals surface area contributed by atoms with Crippen molar-refractivity contribution in [3.63, 3.8) is 0 Å². The Morgan fingerprint density at radius 1 is 0.410 bits per heavy atom. The lowest BCUT2D eigenvalue weighted by Gasteiger charge is -2.24. The zero-order chi connectivity index (χ0) is 57.0. The van der Waals surface area contributed by atoms with Gasteiger partial charge in [-0.3, -0.25) is 18.6 Å². The van der Waals surface area contributed by atoms with Gasteiger partial charge in [-0.15, -0.1) is 0 Å². The molecule has 0 spiro atoms. The molecule has 0 heterocycles. The van der Waals surface area contributed by atoms with Crippen molar-refractivity contribution in [2.24, 2.45) is 0 Å². The summed E-state index contributed by atoms with van der Waals surface area (Å²) in [5, 5.41) is 0. The van der Waals surface area contributed by atoms with E-state index in [1.807, 2.05) is 21.1 Å². The molecule has 438 valence electrons. The van der Waals surface area contributed by atoms with Crippen LogP contribution >= 0.6 is 7.82 Å². The molecule has 0 aliphatic heterocycles. The molecule has 0 saturated carbocycles. The predicted octanol–water partition coefficient (Wildman–Crippen LogP) is 19.0. The summed E-state index contributed by atoms with van der Waals surface area (Å²) in [6, 6.07) is 0. The van der Waals surface area contributed by atoms with Gasteiger partial charge in [0.05, 0.1) is 27.7 Å². The zero-order valence-electron chi connectivity index (χ0n) is 49.6. The van der Waals surface area contributed by atoms with E-state index in [0.717, 1.165) is 148 Å². The predicted molar refractivity (Wildman–Crippen MR) is 334 cm³/mol. The van der Waals surface area contributed by atoms with Crippen LogP contribution in [0.3, 0.4) is 0 Å². The standard InChI is InChI=1S/C68H108NO8P/c1-6-8-10-12-14-16-18-20-21-22-23-24-25-26-27-28-29-30-31-32-33-34-35-36-37-38-39-40-41-42-43-44-45-46-47-49-51-53-55-57-59-61-68(71)77-66(65-76-78(72,73)75-63-62-69(3,4)5)64-74-67(70)60-58-56-54-52-50-48-19-17-15-13-11-9-7-2/h8,10-11,13-14,16-17,19-21,23-24,26-27,29-30,32-33,35-36,38-39,41-42,44-45,47,49,66H,6-7,9,12,15,18,22,25,28,31,34,37,40,43,46,48,50-65H2,1-5H3/p+1/b10-8-,13-11-,16-14-,19-17-,21-20-,24-23-,27-26-,30-29-,33-32-,36-35-,39-38-,42-41-,45-44-,49-47-. The number of unbranched alkanes of at least 4 members (excludes halogenated alkanes) is 10. The first-order valence-electron chi connectivity index (χ1n) is 29.9. The monoisotopic (exact) mass is 1100 g/mol. The summed E-state index contributed by atoms with van der Waals surface area (Å²) in [7, 11) is 1.42. The number of allylic oxidation sites excluding steroid dienone is 28. The van der Waals surface area contributed by atoms with Crippen LogP contribution in [0.5, 0.6) is 0 Å². The lowest BCUT2D eigenvalue weighted by atomic mass is 10.1. The highest BCUT2D eigenvalue weighted by Gasteiger charge is 2.27. The Morgan fingerprint density at radius 2 is 0.731 bits per heavy atom. The van der Waals surface area contributed by atoms with Gasteiger partial charge in [0.25, 0.3) is 0 Å². The maximum absolute atomic E-state index is 12.8. The van der Waals surface area contributed by atoms with Crippen LogP contribution in [0.15, 0.2) is 170 Å². The van der Waals surface area contributed by atoms with Gasteiger partial charge in [-0.05, 0) is 128 Å². The Kier molecular flexibility index (Phi) is 53.7. The second kappa shape index (κ2) is 57.1. The highest BCUT2D eigenvalue weighted by atomic mass is 31.2. The van der Waals surface area contributed by atoms with Crippen molar-refractivity contribution in [3.05, 3.63) is 170 Å². The number of esters is 2. The van der Waals surface area contributed by atoms with E-state index in [0.29, 0.717) is 23.9 Å². The summed E-state index contributed by atoms with van der Waals surface area (Å²) in [5.74, 6) is -0.860. The first-order valence-corrected chi connectivity index (χ1v) is 31.4. The number of quaternary nitrogens is 1. The fourth-order valence-electron chi connectivity index (χ4n) is 7.15. The molecule has 0 aromatic carbocycles. The number of nitrogens with zero attached hydrogens (tertiary/aromatic N) is 1. The Morgan fingerprint density at radius 3 is 1.09 bits per heavy atom. The molecule has 0 fully saturated rings. The van der Waals surface area contributed by atoms with Gasteiger partial charge < -0.3 is 18.9 Å². The normalized spacial score (nSPS) is 14.5. The Labute approximate surface area is 477 Å². The smallest absolute Gasteiger partial charge is 0.462 e. The van der Waals surface area contributed by atoms with E-state index in [9.17, 15) is 19.0 Å². The molecule has 0 amide bonds. The molecule has 0 aromatic heterocycles. The molecule has 0 rings (SSSR count). The molecule has 78 heavy (non-hydrogen) atoms. The molecule has 10 heteroatoms. The van der Waals surface area contributed by atoms with E-state index in [2.05, 4.69) is 184 Å². The van der Waals surface area contributed by atoms with E-state index in [1.165, 1.54) is 6.42 Å². The summed E-state index contributed by atoms with van der Waals surface area (Å²) in [4.78, 5) is 35.6. The molecule has 0 saturated heterocycles. The number of phosphoric acid groups is 1. The average molecular weight is 1100 g/mol. The molecule has 9 nitrogen and oxygen atoms in total. The Bertz CT molecular complexity index is 1920. The summed E-state index contributed by atoms with van der Waals surface area (Å²) < 4.78 is 34.4. The van der Waals surface area contributed by atoms with Crippen molar-refractivity contribution in [2.45, 2.75) is 200 Å². The average Bonchev–Trinajstić information content (AvgIpc) is 3.40. The maximum Gasteiger partial charge on any atom is 0.472 e. The third-order valence-electron chi connectivity index (χ3n) is 11.7. The number of likely N-dealkylation sites (N-methyl/N-ethyl adjacent to an activating group) is 1. The third-order valence-corrected chi connectivity index (χ3v) is 12.7. The summed E-state index contributed by atoms with van der Waals surface area (Å²) in [6.45, 7) is 4.17. The van der Waals surface area contributed by atoms with E-state index in [4.69, 9.17) is 18.5 Å². The molecular formula is C68H109NO8P+. The van der Waals surface area contributed by atoms with Gasteiger partial charge in [-0.25, -0.2) is 4.57 Å². The largest absolute Gasteiger partial charge is 0.472 e. The summed E-state index contributed by atoms with van der Waals surface area (Å²) in [6.07, 6.45) is 87.3. The molecular weight excluding hydrogens is 990 g/mol. The highest BCUT2D eigenvalue weighted by Crippen LogP contribution is 2.43. The minimum atomic E-state index is -4.41. The molecule has 0 radical (unpaired) electrons. The van der Waals surface area contributed by atoms with Gasteiger partial charge in [-0.2, -0.15) is 0 Å². The summed E-state index contributed by atoms with van der Waals surface area (Å²) >= 11 is 0. The van der Waals surface area contributed by atoms with Gasteiger partial charge in [0.2, 0.25) is 0 Å². The van der Waals surface area contributed by atoms with Gasteiger partial charge in [-0.1, -0.05) is 223 Å². The molecule has 2 atom stereocenters. The summed E-state index contributed by atoms with van der Waals surface area (Å²) in [5.41, 5.74) is 0. The lowest BCUT2D eigenvalue weighted by Crippen LogP contribution is -2.37. The van der Waals surface area contributed by atoms with E-state index in [1.54, 1.807) is 0 Å². The molecule has 0 aromatic rings. The maximum atomic E-state index is 12.8. The quantitative estimate of drug-likeness (QED) is 0.0211. The van der Waals surface area contributed by atoms with E-state index >= 15 is 0 Å².